The Balaban J connectivity index is 1.77. The number of benzene rings is 1. The predicted molar refractivity (Wildman–Crippen MR) is 71.4 cm³/mol. The van der Waals surface area contributed by atoms with Crippen LogP contribution in [0.5, 0.6) is 11.5 Å². The molecule has 3 rings (SSSR count). The van der Waals surface area contributed by atoms with Crippen molar-refractivity contribution in [1.82, 2.24) is 5.32 Å². The van der Waals surface area contributed by atoms with E-state index in [0.717, 1.165) is 18.4 Å². The fraction of sp³-hybridized carbons (Fsp3) is 0.533. The number of phenols is 1. The van der Waals surface area contributed by atoms with Gasteiger partial charge in [0.1, 0.15) is 0 Å². The number of carbonyl (C=O) groups excluding carboxylic acids is 1. The molecule has 1 heterocycles. The molecule has 1 atom stereocenters. The van der Waals surface area contributed by atoms with Gasteiger partial charge in [0.2, 0.25) is 5.91 Å². The number of hydrogen-bond acceptors (Lipinski definition) is 3. The molecule has 1 amide bonds. The van der Waals surface area contributed by atoms with Crippen LogP contribution >= 0.6 is 0 Å². The summed E-state index contributed by atoms with van der Waals surface area (Å²) in [5, 5.41) is 12.7. The summed E-state index contributed by atoms with van der Waals surface area (Å²) in [6.45, 7) is 0.673. The zero-order valence-corrected chi connectivity index (χ0v) is 10.9. The van der Waals surface area contributed by atoms with Gasteiger partial charge in [-0.25, -0.2) is 0 Å². The summed E-state index contributed by atoms with van der Waals surface area (Å²) in [7, 11) is 0. The lowest BCUT2D eigenvalue weighted by atomic mass is 9.98. The second-order valence-corrected chi connectivity index (χ2v) is 5.46. The van der Waals surface area contributed by atoms with Crippen molar-refractivity contribution in [2.24, 2.45) is 0 Å². The van der Waals surface area contributed by atoms with E-state index in [1.165, 1.54) is 12.8 Å². The van der Waals surface area contributed by atoms with Crippen LogP contribution in [0.2, 0.25) is 0 Å². The second-order valence-electron chi connectivity index (χ2n) is 5.46. The van der Waals surface area contributed by atoms with Crippen LogP contribution < -0.4 is 10.1 Å². The summed E-state index contributed by atoms with van der Waals surface area (Å²) < 4.78 is 5.88. The van der Waals surface area contributed by atoms with Gasteiger partial charge < -0.3 is 15.2 Å². The normalized spacial score (nSPS) is 23.6. The number of phenolic OH excluding ortho intramolecular Hbond substituents is 1. The van der Waals surface area contributed by atoms with Crippen LogP contribution in [0.3, 0.4) is 0 Å². The lowest BCUT2D eigenvalue weighted by Crippen LogP contribution is -2.13. The van der Waals surface area contributed by atoms with Gasteiger partial charge in [0.25, 0.3) is 0 Å². The predicted octanol–water partition coefficient (Wildman–Crippen LogP) is 2.32. The lowest BCUT2D eigenvalue weighted by Gasteiger charge is -2.16. The van der Waals surface area contributed by atoms with E-state index in [9.17, 15) is 9.90 Å². The third-order valence-electron chi connectivity index (χ3n) is 4.03. The number of carbonyl (C=O) groups is 1. The molecule has 0 spiro atoms. The number of aromatic hydroxyl groups is 1. The van der Waals surface area contributed by atoms with Gasteiger partial charge in [0.05, 0.1) is 6.10 Å². The molecule has 1 aliphatic heterocycles. The van der Waals surface area contributed by atoms with Crippen molar-refractivity contribution in [2.45, 2.75) is 44.1 Å². The van der Waals surface area contributed by atoms with Crippen LogP contribution in [0.25, 0.3) is 0 Å². The smallest absolute Gasteiger partial charge is 0.220 e. The Bertz CT molecular complexity index is 480. The summed E-state index contributed by atoms with van der Waals surface area (Å²) in [5.41, 5.74) is 1.06. The van der Waals surface area contributed by atoms with Crippen molar-refractivity contribution in [1.29, 1.82) is 0 Å². The van der Waals surface area contributed by atoms with Crippen molar-refractivity contribution in [2.75, 3.05) is 6.54 Å². The van der Waals surface area contributed by atoms with Crippen LogP contribution in [-0.4, -0.2) is 23.7 Å². The van der Waals surface area contributed by atoms with E-state index in [1.54, 1.807) is 6.07 Å². The summed E-state index contributed by atoms with van der Waals surface area (Å²) in [4.78, 5) is 11.3. The van der Waals surface area contributed by atoms with E-state index in [2.05, 4.69) is 5.32 Å². The average Bonchev–Trinajstić information content (AvgIpc) is 3.03. The van der Waals surface area contributed by atoms with E-state index in [-0.39, 0.29) is 23.7 Å². The number of nitrogens with one attached hydrogen (secondary N) is 1. The monoisotopic (exact) mass is 261 g/mol. The molecule has 4 nitrogen and oxygen atoms in total. The first-order valence-corrected chi connectivity index (χ1v) is 6.98. The number of hydrogen-bond donors (Lipinski definition) is 2. The molecule has 1 saturated heterocycles. The summed E-state index contributed by atoms with van der Waals surface area (Å²) >= 11 is 0. The molecule has 102 valence electrons. The maximum Gasteiger partial charge on any atom is 0.220 e. The first kappa shape index (κ1) is 12.3. The Kier molecular flexibility index (Phi) is 3.32. The topological polar surface area (TPSA) is 58.6 Å². The van der Waals surface area contributed by atoms with Gasteiger partial charge in [-0.15, -0.1) is 0 Å². The molecule has 1 aromatic carbocycles. The van der Waals surface area contributed by atoms with Crippen LogP contribution in [0.4, 0.5) is 0 Å². The molecule has 1 aliphatic carbocycles. The highest BCUT2D eigenvalue weighted by Gasteiger charge is 2.24. The van der Waals surface area contributed by atoms with Crippen molar-refractivity contribution in [3.8, 4) is 11.5 Å². The zero-order valence-electron chi connectivity index (χ0n) is 10.9. The van der Waals surface area contributed by atoms with Crippen LogP contribution in [0.15, 0.2) is 18.2 Å². The maximum atomic E-state index is 11.3. The van der Waals surface area contributed by atoms with Gasteiger partial charge in [0.15, 0.2) is 11.5 Å². The Hall–Kier alpha value is -1.71. The molecule has 2 N–H and O–H groups in total. The quantitative estimate of drug-likeness (QED) is 0.878. The van der Waals surface area contributed by atoms with Gasteiger partial charge >= 0.3 is 0 Å². The standard InChI is InChI=1S/C15H19NO3/c17-13-6-5-10(11-8-15(18)16-9-11)7-14(13)19-12-3-1-2-4-12/h5-7,11-12,17H,1-4,8-9H2,(H,16,18)/t11-/m0/s1. The van der Waals surface area contributed by atoms with Crippen molar-refractivity contribution >= 4 is 5.91 Å². The van der Waals surface area contributed by atoms with Gasteiger partial charge in [-0.1, -0.05) is 6.07 Å². The Morgan fingerprint density at radius 3 is 2.74 bits per heavy atom. The summed E-state index contributed by atoms with van der Waals surface area (Å²) in [6.07, 6.45) is 5.27. The fourth-order valence-electron chi connectivity index (χ4n) is 2.91. The van der Waals surface area contributed by atoms with Crippen LogP contribution in [-0.2, 0) is 4.79 Å². The molecular formula is C15H19NO3. The second kappa shape index (κ2) is 5.11. The Morgan fingerprint density at radius 2 is 2.05 bits per heavy atom. The fourth-order valence-corrected chi connectivity index (χ4v) is 2.91. The first-order chi connectivity index (χ1) is 9.22. The first-order valence-electron chi connectivity index (χ1n) is 6.98. The Morgan fingerprint density at radius 1 is 1.26 bits per heavy atom. The van der Waals surface area contributed by atoms with Gasteiger partial charge in [-0.2, -0.15) is 0 Å². The van der Waals surface area contributed by atoms with E-state index in [1.807, 2.05) is 12.1 Å². The van der Waals surface area contributed by atoms with E-state index < -0.39 is 0 Å². The molecule has 0 unspecified atom stereocenters. The maximum absolute atomic E-state index is 11.3. The third-order valence-corrected chi connectivity index (χ3v) is 4.03. The zero-order chi connectivity index (χ0) is 13.2. The highest BCUT2D eigenvalue weighted by Crippen LogP contribution is 2.34. The highest BCUT2D eigenvalue weighted by molar-refractivity contribution is 5.79. The molecule has 4 heteroatoms. The molecule has 2 fully saturated rings. The third kappa shape index (κ3) is 2.67. The van der Waals surface area contributed by atoms with Gasteiger partial charge in [0, 0.05) is 18.9 Å². The van der Waals surface area contributed by atoms with Gasteiger partial charge in [-0.3, -0.25) is 4.79 Å². The minimum absolute atomic E-state index is 0.0938. The molecule has 2 aliphatic rings. The largest absolute Gasteiger partial charge is 0.504 e. The molecule has 0 aromatic heterocycles. The summed E-state index contributed by atoms with van der Waals surface area (Å²) in [5.74, 6) is 1.03. The minimum Gasteiger partial charge on any atom is -0.504 e. The molecule has 1 saturated carbocycles. The minimum atomic E-state index is 0.0938. The molecule has 0 bridgehead atoms. The lowest BCUT2D eigenvalue weighted by molar-refractivity contribution is -0.119. The van der Waals surface area contributed by atoms with Gasteiger partial charge in [-0.05, 0) is 43.4 Å². The van der Waals surface area contributed by atoms with E-state index >= 15 is 0 Å². The SMILES string of the molecule is O=C1C[C@H](c2ccc(O)c(OC3CCCC3)c2)CN1. The molecule has 0 radical (unpaired) electrons. The van der Waals surface area contributed by atoms with E-state index in [4.69, 9.17) is 4.74 Å². The number of amides is 1. The molecule has 19 heavy (non-hydrogen) atoms. The average molecular weight is 261 g/mol. The van der Waals surface area contributed by atoms with Crippen LogP contribution in [0.1, 0.15) is 43.6 Å². The van der Waals surface area contributed by atoms with Crippen molar-refractivity contribution in [3.05, 3.63) is 23.8 Å². The summed E-state index contributed by atoms with van der Waals surface area (Å²) in [6, 6.07) is 5.43. The van der Waals surface area contributed by atoms with Crippen LogP contribution in [0, 0.1) is 0 Å². The van der Waals surface area contributed by atoms with Crippen molar-refractivity contribution < 1.29 is 14.6 Å². The van der Waals surface area contributed by atoms with E-state index in [0.29, 0.717) is 18.7 Å². The van der Waals surface area contributed by atoms with Crippen molar-refractivity contribution in [3.63, 3.8) is 0 Å². The highest BCUT2D eigenvalue weighted by atomic mass is 16.5. The number of rotatable bonds is 3. The molecular weight excluding hydrogens is 242 g/mol. The number of ether oxygens (including phenoxy) is 1. The molecule has 1 aromatic rings. The Labute approximate surface area is 112 Å².